The number of carbonyl (C=O) groups is 1. The molecule has 1 amide bonds. The average Bonchev–Trinajstić information content (AvgIpc) is 2.39. The first-order valence-electron chi connectivity index (χ1n) is 6.06. The first-order valence-corrected chi connectivity index (χ1v) is 6.06. The molecular formula is C11H21F2N3O3. The number of nitrogens with zero attached hydrogens (tertiary/aromatic N) is 1. The van der Waals surface area contributed by atoms with Crippen molar-refractivity contribution in [3.63, 3.8) is 0 Å². The average molecular weight is 281 g/mol. The number of ether oxygens (including phenoxy) is 1. The van der Waals surface area contributed by atoms with E-state index in [2.05, 4.69) is 15.2 Å². The van der Waals surface area contributed by atoms with E-state index in [1.807, 2.05) is 0 Å². The van der Waals surface area contributed by atoms with E-state index in [1.54, 1.807) is 13.8 Å². The maximum atomic E-state index is 12.0. The Kier molecular flexibility index (Phi) is 7.97. The van der Waals surface area contributed by atoms with E-state index >= 15 is 0 Å². The Morgan fingerprint density at radius 3 is 2.47 bits per heavy atom. The Morgan fingerprint density at radius 1 is 1.47 bits per heavy atom. The van der Waals surface area contributed by atoms with Crippen molar-refractivity contribution >= 4 is 11.7 Å². The highest BCUT2D eigenvalue weighted by atomic mass is 19.3. The van der Waals surface area contributed by atoms with Crippen LogP contribution in [0.2, 0.25) is 0 Å². The van der Waals surface area contributed by atoms with Gasteiger partial charge in [0, 0.05) is 6.54 Å². The summed E-state index contributed by atoms with van der Waals surface area (Å²) in [6.45, 7) is 2.90. The molecule has 0 aliphatic heterocycles. The molecule has 0 fully saturated rings. The van der Waals surface area contributed by atoms with E-state index in [0.717, 1.165) is 0 Å². The highest BCUT2D eigenvalue weighted by Gasteiger charge is 2.39. The summed E-state index contributed by atoms with van der Waals surface area (Å²) in [6, 6.07) is 0. The van der Waals surface area contributed by atoms with E-state index in [4.69, 9.17) is 10.9 Å². The summed E-state index contributed by atoms with van der Waals surface area (Å²) in [5.41, 5.74) is 4.47. The molecule has 112 valence electrons. The first-order chi connectivity index (χ1) is 8.94. The normalized spacial score (nSPS) is 12.8. The molecule has 19 heavy (non-hydrogen) atoms. The van der Waals surface area contributed by atoms with Crippen molar-refractivity contribution in [2.45, 2.75) is 33.1 Å². The minimum Gasteiger partial charge on any atom is -0.409 e. The third-order valence-electron chi connectivity index (χ3n) is 3.02. The smallest absolute Gasteiger partial charge is 0.261 e. The third kappa shape index (κ3) is 4.98. The van der Waals surface area contributed by atoms with E-state index in [-0.39, 0.29) is 19.0 Å². The summed E-state index contributed by atoms with van der Waals surface area (Å²) in [4.78, 5) is 12.0. The van der Waals surface area contributed by atoms with Gasteiger partial charge in [-0.15, -0.1) is 0 Å². The number of halogens is 2. The van der Waals surface area contributed by atoms with Crippen molar-refractivity contribution in [1.82, 2.24) is 5.32 Å². The van der Waals surface area contributed by atoms with Gasteiger partial charge in [-0.1, -0.05) is 19.0 Å². The molecular weight excluding hydrogens is 260 g/mol. The second-order valence-corrected chi connectivity index (χ2v) is 4.00. The predicted molar refractivity (Wildman–Crippen MR) is 66.3 cm³/mol. The molecule has 0 aromatic heterocycles. The molecule has 0 spiro atoms. The second-order valence-electron chi connectivity index (χ2n) is 4.00. The monoisotopic (exact) mass is 281 g/mol. The number of amidine groups is 1. The molecule has 0 saturated heterocycles. The molecule has 4 N–H and O–H groups in total. The zero-order valence-electron chi connectivity index (χ0n) is 11.2. The quantitative estimate of drug-likeness (QED) is 0.193. The van der Waals surface area contributed by atoms with Crippen LogP contribution >= 0.6 is 0 Å². The molecule has 0 heterocycles. The van der Waals surface area contributed by atoms with Crippen molar-refractivity contribution in [3.05, 3.63) is 0 Å². The van der Waals surface area contributed by atoms with E-state index in [9.17, 15) is 13.6 Å². The highest BCUT2D eigenvalue weighted by molar-refractivity contribution is 6.06. The minimum atomic E-state index is -2.53. The van der Waals surface area contributed by atoms with Crippen molar-refractivity contribution in [3.8, 4) is 0 Å². The number of alkyl halides is 2. The van der Waals surface area contributed by atoms with Gasteiger partial charge in [0.2, 0.25) is 5.91 Å². The van der Waals surface area contributed by atoms with E-state index in [0.29, 0.717) is 12.8 Å². The summed E-state index contributed by atoms with van der Waals surface area (Å²) >= 11 is 0. The molecule has 8 heteroatoms. The SMILES string of the molecule is CCC(CC)(C(=O)NCCOCC(F)F)C(N)=NO. The maximum Gasteiger partial charge on any atom is 0.261 e. The van der Waals surface area contributed by atoms with Gasteiger partial charge in [-0.05, 0) is 12.8 Å². The van der Waals surface area contributed by atoms with Crippen molar-refractivity contribution in [1.29, 1.82) is 0 Å². The molecule has 0 unspecified atom stereocenters. The van der Waals surface area contributed by atoms with Gasteiger partial charge < -0.3 is 21.0 Å². The Morgan fingerprint density at radius 2 is 2.05 bits per heavy atom. The van der Waals surface area contributed by atoms with Gasteiger partial charge >= 0.3 is 0 Å². The van der Waals surface area contributed by atoms with Crippen LogP contribution in [0.15, 0.2) is 5.16 Å². The van der Waals surface area contributed by atoms with Gasteiger partial charge in [0.25, 0.3) is 6.43 Å². The molecule has 0 aliphatic carbocycles. The standard InChI is InChI=1S/C11H21F2N3O3/c1-3-11(4-2,9(14)16-18)10(17)15-5-6-19-7-8(12)13/h8,18H,3-7H2,1-2H3,(H2,14,16)(H,15,17). The molecule has 0 bridgehead atoms. The highest BCUT2D eigenvalue weighted by Crippen LogP contribution is 2.26. The Hall–Kier alpha value is -1.44. The fourth-order valence-corrected chi connectivity index (χ4v) is 1.72. The van der Waals surface area contributed by atoms with Crippen LogP contribution in [-0.4, -0.2) is 43.1 Å². The van der Waals surface area contributed by atoms with Crippen LogP contribution in [0.3, 0.4) is 0 Å². The fraction of sp³-hybridized carbons (Fsp3) is 0.818. The molecule has 0 radical (unpaired) electrons. The lowest BCUT2D eigenvalue weighted by Crippen LogP contribution is -2.49. The fourth-order valence-electron chi connectivity index (χ4n) is 1.72. The summed E-state index contributed by atoms with van der Waals surface area (Å²) in [7, 11) is 0. The number of nitrogens with one attached hydrogen (secondary N) is 1. The lowest BCUT2D eigenvalue weighted by molar-refractivity contribution is -0.128. The van der Waals surface area contributed by atoms with E-state index < -0.39 is 24.4 Å². The number of hydrogen-bond donors (Lipinski definition) is 3. The van der Waals surface area contributed by atoms with Gasteiger partial charge in [-0.3, -0.25) is 4.79 Å². The number of nitrogens with two attached hydrogens (primary N) is 1. The topological polar surface area (TPSA) is 96.9 Å². The van der Waals surface area contributed by atoms with Gasteiger partial charge in [0.1, 0.15) is 12.0 Å². The largest absolute Gasteiger partial charge is 0.409 e. The zero-order valence-corrected chi connectivity index (χ0v) is 11.2. The van der Waals surface area contributed by atoms with Gasteiger partial charge in [-0.2, -0.15) is 0 Å². The molecule has 0 atom stereocenters. The predicted octanol–water partition coefficient (Wildman–Crippen LogP) is 0.937. The van der Waals surface area contributed by atoms with Crippen molar-refractivity contribution in [2.75, 3.05) is 19.8 Å². The molecule has 6 nitrogen and oxygen atoms in total. The van der Waals surface area contributed by atoms with Crippen LogP contribution in [0.4, 0.5) is 8.78 Å². The first kappa shape index (κ1) is 17.6. The summed E-state index contributed by atoms with van der Waals surface area (Å²) < 4.78 is 28.2. The molecule has 0 aromatic carbocycles. The molecule has 0 aromatic rings. The van der Waals surface area contributed by atoms with Crippen molar-refractivity contribution in [2.24, 2.45) is 16.3 Å². The minimum absolute atomic E-state index is 0.0181. The number of amides is 1. The number of carbonyl (C=O) groups excluding carboxylic acids is 1. The van der Waals surface area contributed by atoms with Crippen LogP contribution in [0.1, 0.15) is 26.7 Å². The van der Waals surface area contributed by atoms with Gasteiger partial charge in [0.15, 0.2) is 5.84 Å². The number of hydrogen-bond acceptors (Lipinski definition) is 4. The van der Waals surface area contributed by atoms with Crippen LogP contribution in [0.5, 0.6) is 0 Å². The third-order valence-corrected chi connectivity index (χ3v) is 3.02. The van der Waals surface area contributed by atoms with Crippen LogP contribution in [0, 0.1) is 5.41 Å². The Balaban J connectivity index is 4.36. The van der Waals surface area contributed by atoms with Crippen LogP contribution in [0.25, 0.3) is 0 Å². The Labute approximate surface area is 111 Å². The van der Waals surface area contributed by atoms with E-state index in [1.165, 1.54) is 0 Å². The molecule has 0 rings (SSSR count). The number of oxime groups is 1. The maximum absolute atomic E-state index is 12.0. The zero-order chi connectivity index (χ0) is 14.9. The lowest BCUT2D eigenvalue weighted by atomic mass is 9.80. The van der Waals surface area contributed by atoms with Crippen molar-refractivity contribution < 1.29 is 23.5 Å². The summed E-state index contributed by atoms with van der Waals surface area (Å²) in [6.07, 6.45) is -1.80. The summed E-state index contributed by atoms with van der Waals surface area (Å²) in [5, 5.41) is 14.2. The Bertz CT molecular complexity index is 308. The second kappa shape index (κ2) is 8.63. The van der Waals surface area contributed by atoms with Gasteiger partial charge in [0.05, 0.1) is 6.61 Å². The van der Waals surface area contributed by atoms with Crippen LogP contribution in [-0.2, 0) is 9.53 Å². The lowest BCUT2D eigenvalue weighted by Gasteiger charge is -2.28. The van der Waals surface area contributed by atoms with Crippen LogP contribution < -0.4 is 11.1 Å². The summed E-state index contributed by atoms with van der Waals surface area (Å²) in [5.74, 6) is -0.572. The number of rotatable bonds is 9. The molecule has 0 saturated carbocycles. The molecule has 0 aliphatic rings. The van der Waals surface area contributed by atoms with Gasteiger partial charge in [-0.25, -0.2) is 8.78 Å².